The molecule has 4 heteroatoms. The first kappa shape index (κ1) is 12.2. The molecule has 0 heterocycles. The second kappa shape index (κ2) is 5.35. The predicted molar refractivity (Wildman–Crippen MR) is 67.6 cm³/mol. The van der Waals surface area contributed by atoms with Crippen LogP contribution in [0.3, 0.4) is 0 Å². The highest BCUT2D eigenvalue weighted by Gasteiger charge is 2.12. The molecule has 0 bridgehead atoms. The van der Waals surface area contributed by atoms with E-state index < -0.39 is 5.97 Å². The van der Waals surface area contributed by atoms with Gasteiger partial charge in [0.15, 0.2) is 5.75 Å². The summed E-state index contributed by atoms with van der Waals surface area (Å²) in [6, 6.07) is 15.2. The molecule has 0 spiro atoms. The minimum Gasteiger partial charge on any atom is -0.421 e. The van der Waals surface area contributed by atoms with Crippen LogP contribution < -0.4 is 4.74 Å². The van der Waals surface area contributed by atoms with Gasteiger partial charge in [0.05, 0.1) is 11.1 Å². The molecule has 0 aliphatic heterocycles. The maximum Gasteiger partial charge on any atom is 0.343 e. The van der Waals surface area contributed by atoms with E-state index in [2.05, 4.69) is 0 Å². The highest BCUT2D eigenvalue weighted by atomic mass is 35.5. The summed E-state index contributed by atoms with van der Waals surface area (Å²) in [6.07, 6.45) is 0. The van der Waals surface area contributed by atoms with Crippen LogP contribution in [-0.4, -0.2) is 5.97 Å². The molecule has 2 rings (SSSR count). The summed E-state index contributed by atoms with van der Waals surface area (Å²) < 4.78 is 5.15. The van der Waals surface area contributed by atoms with Crippen LogP contribution in [0.4, 0.5) is 0 Å². The van der Waals surface area contributed by atoms with Crippen molar-refractivity contribution in [3.8, 4) is 11.8 Å². The molecule has 3 nitrogen and oxygen atoms in total. The summed E-state index contributed by atoms with van der Waals surface area (Å²) in [7, 11) is 0. The van der Waals surface area contributed by atoms with Gasteiger partial charge in [-0.2, -0.15) is 5.26 Å². The Labute approximate surface area is 109 Å². The van der Waals surface area contributed by atoms with E-state index in [0.717, 1.165) is 0 Å². The molecule has 0 aromatic heterocycles. The standard InChI is InChI=1S/C14H8ClNO2/c15-13-11(9-16)7-4-8-12(13)18-14(17)10-5-2-1-3-6-10/h1-8H. The summed E-state index contributed by atoms with van der Waals surface area (Å²) in [5.74, 6) is -0.322. The molecule has 0 amide bonds. The van der Waals surface area contributed by atoms with Gasteiger partial charge in [-0.05, 0) is 24.3 Å². The fraction of sp³-hybridized carbons (Fsp3) is 0. The lowest BCUT2D eigenvalue weighted by molar-refractivity contribution is 0.0735. The molecule has 0 fully saturated rings. The molecule has 2 aromatic rings. The number of carbonyl (C=O) groups is 1. The SMILES string of the molecule is N#Cc1cccc(OC(=O)c2ccccc2)c1Cl. The van der Waals surface area contributed by atoms with Gasteiger partial charge in [-0.25, -0.2) is 4.79 Å². The molecule has 0 atom stereocenters. The lowest BCUT2D eigenvalue weighted by Gasteiger charge is -2.06. The van der Waals surface area contributed by atoms with E-state index in [1.54, 1.807) is 48.5 Å². The lowest BCUT2D eigenvalue weighted by atomic mass is 10.2. The summed E-state index contributed by atoms with van der Waals surface area (Å²) in [6.45, 7) is 0. The molecule has 0 saturated heterocycles. The van der Waals surface area contributed by atoms with Gasteiger partial charge in [-0.15, -0.1) is 0 Å². The Morgan fingerprint density at radius 2 is 1.83 bits per heavy atom. The Hall–Kier alpha value is -2.31. The summed E-state index contributed by atoms with van der Waals surface area (Å²) >= 11 is 5.94. The molecule has 0 unspecified atom stereocenters. The Balaban J connectivity index is 2.26. The highest BCUT2D eigenvalue weighted by Crippen LogP contribution is 2.28. The molecule has 2 aromatic carbocycles. The van der Waals surface area contributed by atoms with Gasteiger partial charge >= 0.3 is 5.97 Å². The van der Waals surface area contributed by atoms with E-state index in [9.17, 15) is 4.79 Å². The van der Waals surface area contributed by atoms with E-state index in [4.69, 9.17) is 21.6 Å². The summed E-state index contributed by atoms with van der Waals surface area (Å²) in [5.41, 5.74) is 0.700. The van der Waals surface area contributed by atoms with Crippen molar-refractivity contribution in [3.63, 3.8) is 0 Å². The van der Waals surface area contributed by atoms with Crippen molar-refractivity contribution < 1.29 is 9.53 Å². The number of halogens is 1. The van der Waals surface area contributed by atoms with Gasteiger partial charge in [-0.3, -0.25) is 0 Å². The Bertz CT molecular complexity index is 617. The van der Waals surface area contributed by atoms with Gasteiger partial charge in [0.25, 0.3) is 0 Å². The molecule has 88 valence electrons. The zero-order valence-corrected chi connectivity index (χ0v) is 10.0. The van der Waals surface area contributed by atoms with Crippen molar-refractivity contribution in [2.75, 3.05) is 0 Å². The molecule has 0 aliphatic rings. The quantitative estimate of drug-likeness (QED) is 0.612. The Morgan fingerprint density at radius 3 is 2.50 bits per heavy atom. The predicted octanol–water partition coefficient (Wildman–Crippen LogP) is 3.43. The van der Waals surface area contributed by atoms with E-state index >= 15 is 0 Å². The molecule has 0 saturated carbocycles. The van der Waals surface area contributed by atoms with Gasteiger partial charge in [0.2, 0.25) is 0 Å². The van der Waals surface area contributed by atoms with E-state index in [-0.39, 0.29) is 16.3 Å². The number of benzene rings is 2. The van der Waals surface area contributed by atoms with Crippen molar-refractivity contribution in [3.05, 3.63) is 64.7 Å². The minimum absolute atomic E-state index is 0.143. The van der Waals surface area contributed by atoms with Crippen molar-refractivity contribution in [2.45, 2.75) is 0 Å². The average Bonchev–Trinajstić information content (AvgIpc) is 2.42. The Kier molecular flexibility index (Phi) is 3.61. The van der Waals surface area contributed by atoms with Crippen LogP contribution in [0.2, 0.25) is 5.02 Å². The van der Waals surface area contributed by atoms with Crippen LogP contribution >= 0.6 is 11.6 Å². The van der Waals surface area contributed by atoms with Crippen molar-refractivity contribution in [2.24, 2.45) is 0 Å². The second-order valence-electron chi connectivity index (χ2n) is 3.49. The largest absolute Gasteiger partial charge is 0.421 e. The molecular formula is C14H8ClNO2. The maximum atomic E-state index is 11.8. The second-order valence-corrected chi connectivity index (χ2v) is 3.86. The number of ether oxygens (including phenoxy) is 1. The monoisotopic (exact) mass is 257 g/mol. The summed E-state index contributed by atoms with van der Waals surface area (Å²) in [5, 5.41) is 8.96. The third-order valence-corrected chi connectivity index (χ3v) is 2.69. The van der Waals surface area contributed by atoms with Crippen LogP contribution in [0, 0.1) is 11.3 Å². The van der Waals surface area contributed by atoms with Crippen LogP contribution in [0.5, 0.6) is 5.75 Å². The van der Waals surface area contributed by atoms with Crippen molar-refractivity contribution in [1.82, 2.24) is 0 Å². The number of nitrogens with zero attached hydrogens (tertiary/aromatic N) is 1. The number of esters is 1. The van der Waals surface area contributed by atoms with Gasteiger partial charge in [0.1, 0.15) is 11.1 Å². The maximum absolute atomic E-state index is 11.8. The normalized spacial score (nSPS) is 9.56. The first-order chi connectivity index (χ1) is 8.72. The van der Waals surface area contributed by atoms with Crippen LogP contribution in [-0.2, 0) is 0 Å². The number of carbonyl (C=O) groups excluding carboxylic acids is 1. The third kappa shape index (κ3) is 2.50. The van der Waals surface area contributed by atoms with Crippen LogP contribution in [0.15, 0.2) is 48.5 Å². The average molecular weight is 258 g/mol. The van der Waals surface area contributed by atoms with Gasteiger partial charge < -0.3 is 4.74 Å². The number of rotatable bonds is 2. The lowest BCUT2D eigenvalue weighted by Crippen LogP contribution is -2.08. The fourth-order valence-electron chi connectivity index (χ4n) is 1.41. The van der Waals surface area contributed by atoms with Gasteiger partial charge in [-0.1, -0.05) is 35.9 Å². The number of hydrogen-bond donors (Lipinski definition) is 0. The van der Waals surface area contributed by atoms with Crippen LogP contribution in [0.1, 0.15) is 15.9 Å². The molecule has 18 heavy (non-hydrogen) atoms. The Morgan fingerprint density at radius 1 is 1.11 bits per heavy atom. The van der Waals surface area contributed by atoms with E-state index in [0.29, 0.717) is 5.56 Å². The molecule has 0 aliphatic carbocycles. The number of hydrogen-bond acceptors (Lipinski definition) is 3. The van der Waals surface area contributed by atoms with Crippen molar-refractivity contribution >= 4 is 17.6 Å². The zero-order chi connectivity index (χ0) is 13.0. The smallest absolute Gasteiger partial charge is 0.343 e. The first-order valence-corrected chi connectivity index (χ1v) is 5.56. The van der Waals surface area contributed by atoms with E-state index in [1.807, 2.05) is 6.07 Å². The first-order valence-electron chi connectivity index (χ1n) is 5.18. The summed E-state index contributed by atoms with van der Waals surface area (Å²) in [4.78, 5) is 11.8. The molecule has 0 N–H and O–H groups in total. The topological polar surface area (TPSA) is 50.1 Å². The van der Waals surface area contributed by atoms with Crippen LogP contribution in [0.25, 0.3) is 0 Å². The van der Waals surface area contributed by atoms with E-state index in [1.165, 1.54) is 0 Å². The highest BCUT2D eigenvalue weighted by molar-refractivity contribution is 6.33. The molecule has 0 radical (unpaired) electrons. The number of nitriles is 1. The molecular weight excluding hydrogens is 250 g/mol. The zero-order valence-electron chi connectivity index (χ0n) is 9.26. The van der Waals surface area contributed by atoms with Gasteiger partial charge in [0, 0.05) is 0 Å². The van der Waals surface area contributed by atoms with Crippen molar-refractivity contribution in [1.29, 1.82) is 5.26 Å². The third-order valence-electron chi connectivity index (χ3n) is 2.30. The minimum atomic E-state index is -0.507. The fourth-order valence-corrected chi connectivity index (χ4v) is 1.62.